The van der Waals surface area contributed by atoms with Crippen molar-refractivity contribution in [1.82, 2.24) is 9.88 Å². The molecule has 1 aromatic carbocycles. The van der Waals surface area contributed by atoms with Crippen LogP contribution in [-0.4, -0.2) is 47.5 Å². The molecule has 0 fully saturated rings. The van der Waals surface area contributed by atoms with Gasteiger partial charge in [-0.15, -0.1) is 0 Å². The van der Waals surface area contributed by atoms with Gasteiger partial charge in [-0.1, -0.05) is 13.8 Å². The van der Waals surface area contributed by atoms with Crippen LogP contribution in [-0.2, 0) is 4.79 Å². The largest absolute Gasteiger partial charge is 0.358 e. The van der Waals surface area contributed by atoms with Crippen molar-refractivity contribution in [2.45, 2.75) is 27.7 Å². The second-order valence-electron chi connectivity index (χ2n) is 6.97. The van der Waals surface area contributed by atoms with Crippen LogP contribution in [0.1, 0.15) is 46.7 Å². The molecule has 2 N–H and O–H groups in total. The molecule has 6 nitrogen and oxygen atoms in total. The number of halogens is 1. The number of aryl methyl sites for hydroxylation is 1. The minimum Gasteiger partial charge on any atom is -0.358 e. The monoisotopic (exact) mass is 396 g/mol. The number of nitrogens with one attached hydrogen (secondary N) is 2. The van der Waals surface area contributed by atoms with Gasteiger partial charge < -0.3 is 10.3 Å². The molecule has 0 saturated carbocycles. The van der Waals surface area contributed by atoms with Gasteiger partial charge in [0.15, 0.2) is 0 Å². The molecule has 0 aliphatic carbocycles. The number of fused-ring (bicyclic) bond motifs is 1. The zero-order valence-electron chi connectivity index (χ0n) is 17.1. The molecule has 0 radical (unpaired) electrons. The van der Waals surface area contributed by atoms with Gasteiger partial charge in [-0.2, -0.15) is 0 Å². The number of hydrogen-bond donors (Lipinski definition) is 2. The first-order chi connectivity index (χ1) is 13.8. The van der Waals surface area contributed by atoms with Crippen LogP contribution in [0.3, 0.4) is 0 Å². The Labute approximate surface area is 169 Å². The Morgan fingerprint density at radius 2 is 1.97 bits per heavy atom. The van der Waals surface area contributed by atoms with Crippen molar-refractivity contribution < 1.29 is 14.0 Å². The standard InChI is InChI=1S/C22H25FN4O2/c1-5-27(6-2)10-9-24-22(29)20-13(3)19(25-14(20)4)12-17-16-11-15(23)7-8-18(16)26-21(17)28/h7-9,11-12,25H,5-6,10H2,1-4H3,(H,26,28)/b17-12-,24-9?. The highest BCUT2D eigenvalue weighted by molar-refractivity contribution is 6.34. The lowest BCUT2D eigenvalue weighted by Crippen LogP contribution is -2.25. The molecule has 0 atom stereocenters. The lowest BCUT2D eigenvalue weighted by molar-refractivity contribution is -0.110. The molecule has 2 amide bonds. The normalized spacial score (nSPS) is 14.8. The third kappa shape index (κ3) is 4.19. The number of benzene rings is 1. The summed E-state index contributed by atoms with van der Waals surface area (Å²) in [4.78, 5) is 34.3. The van der Waals surface area contributed by atoms with Gasteiger partial charge in [0.05, 0.1) is 11.1 Å². The summed E-state index contributed by atoms with van der Waals surface area (Å²) in [7, 11) is 0. The first-order valence-electron chi connectivity index (χ1n) is 9.67. The van der Waals surface area contributed by atoms with Gasteiger partial charge >= 0.3 is 0 Å². The van der Waals surface area contributed by atoms with E-state index in [4.69, 9.17) is 0 Å². The Morgan fingerprint density at radius 3 is 2.66 bits per heavy atom. The van der Waals surface area contributed by atoms with Crippen LogP contribution in [0.15, 0.2) is 23.2 Å². The fraction of sp³-hybridized carbons (Fsp3) is 0.318. The summed E-state index contributed by atoms with van der Waals surface area (Å²) in [6, 6.07) is 4.17. The van der Waals surface area contributed by atoms with Crippen molar-refractivity contribution in [2.24, 2.45) is 4.99 Å². The molecular weight excluding hydrogens is 371 g/mol. The maximum Gasteiger partial charge on any atom is 0.278 e. The van der Waals surface area contributed by atoms with E-state index in [0.29, 0.717) is 45.9 Å². The summed E-state index contributed by atoms with van der Waals surface area (Å²) in [6.45, 7) is 10.1. The maximum atomic E-state index is 13.6. The average molecular weight is 396 g/mol. The average Bonchev–Trinajstić information content (AvgIpc) is 3.14. The van der Waals surface area contributed by atoms with Crippen LogP contribution < -0.4 is 5.32 Å². The molecule has 0 spiro atoms. The van der Waals surface area contributed by atoms with Crippen LogP contribution >= 0.6 is 0 Å². The predicted molar refractivity (Wildman–Crippen MR) is 114 cm³/mol. The highest BCUT2D eigenvalue weighted by Gasteiger charge is 2.26. The molecule has 152 valence electrons. The van der Waals surface area contributed by atoms with Crippen molar-refractivity contribution in [3.63, 3.8) is 0 Å². The summed E-state index contributed by atoms with van der Waals surface area (Å²) < 4.78 is 13.6. The Morgan fingerprint density at radius 1 is 1.24 bits per heavy atom. The van der Waals surface area contributed by atoms with E-state index < -0.39 is 5.82 Å². The molecular formula is C22H25FN4O2. The van der Waals surface area contributed by atoms with Gasteiger partial charge in [-0.25, -0.2) is 9.38 Å². The van der Waals surface area contributed by atoms with E-state index >= 15 is 0 Å². The third-order valence-electron chi connectivity index (χ3n) is 5.19. The van der Waals surface area contributed by atoms with E-state index in [9.17, 15) is 14.0 Å². The molecule has 0 unspecified atom stereocenters. The van der Waals surface area contributed by atoms with Gasteiger partial charge in [0.25, 0.3) is 11.8 Å². The Balaban J connectivity index is 1.90. The summed E-state index contributed by atoms with van der Waals surface area (Å²) in [6.07, 6.45) is 3.28. The fourth-order valence-corrected chi connectivity index (χ4v) is 3.47. The Hall–Kier alpha value is -3.06. The fourth-order valence-electron chi connectivity index (χ4n) is 3.47. The van der Waals surface area contributed by atoms with E-state index in [1.165, 1.54) is 18.2 Å². The van der Waals surface area contributed by atoms with E-state index in [2.05, 4.69) is 34.0 Å². The topological polar surface area (TPSA) is 77.6 Å². The smallest absolute Gasteiger partial charge is 0.278 e. The lowest BCUT2D eigenvalue weighted by Gasteiger charge is -2.14. The highest BCUT2D eigenvalue weighted by Crippen LogP contribution is 2.34. The molecule has 1 aliphatic rings. The number of carbonyl (C=O) groups is 2. The molecule has 1 aliphatic heterocycles. The molecule has 2 heterocycles. The zero-order chi connectivity index (χ0) is 21.1. The Kier molecular flexibility index (Phi) is 6.08. The minimum atomic E-state index is -0.413. The summed E-state index contributed by atoms with van der Waals surface area (Å²) >= 11 is 0. The number of aromatic amines is 1. The quantitative estimate of drug-likeness (QED) is 0.576. The highest BCUT2D eigenvalue weighted by atomic mass is 19.1. The van der Waals surface area contributed by atoms with Crippen LogP contribution in [0.4, 0.5) is 10.1 Å². The van der Waals surface area contributed by atoms with Crippen LogP contribution in [0.2, 0.25) is 0 Å². The van der Waals surface area contributed by atoms with Crippen molar-refractivity contribution >= 4 is 35.4 Å². The third-order valence-corrected chi connectivity index (χ3v) is 5.19. The van der Waals surface area contributed by atoms with Gasteiger partial charge in [0, 0.05) is 35.4 Å². The first-order valence-corrected chi connectivity index (χ1v) is 9.67. The Bertz CT molecular complexity index is 1020. The van der Waals surface area contributed by atoms with E-state index in [-0.39, 0.29) is 11.8 Å². The van der Waals surface area contributed by atoms with Gasteiger partial charge in [0.2, 0.25) is 0 Å². The number of rotatable bonds is 6. The molecule has 1 aromatic heterocycles. The number of aromatic nitrogens is 1. The van der Waals surface area contributed by atoms with Crippen molar-refractivity contribution in [3.05, 3.63) is 52.1 Å². The molecule has 29 heavy (non-hydrogen) atoms. The number of nitrogens with zero attached hydrogens (tertiary/aromatic N) is 2. The first kappa shape index (κ1) is 20.7. The molecule has 0 bridgehead atoms. The summed E-state index contributed by atoms with van der Waals surface area (Å²) in [5, 5.41) is 2.73. The van der Waals surface area contributed by atoms with Gasteiger partial charge in [0.1, 0.15) is 5.82 Å². The van der Waals surface area contributed by atoms with E-state index in [0.717, 1.165) is 13.1 Å². The van der Waals surface area contributed by atoms with E-state index in [1.807, 2.05) is 6.92 Å². The number of carbonyl (C=O) groups excluding carboxylic acids is 2. The van der Waals surface area contributed by atoms with Gasteiger partial charge in [-0.3, -0.25) is 14.5 Å². The maximum absolute atomic E-state index is 13.6. The minimum absolute atomic E-state index is 0.303. The van der Waals surface area contributed by atoms with Crippen LogP contribution in [0.5, 0.6) is 0 Å². The predicted octanol–water partition coefficient (Wildman–Crippen LogP) is 3.82. The molecule has 2 aromatic rings. The second-order valence-corrected chi connectivity index (χ2v) is 6.97. The number of hydrogen-bond acceptors (Lipinski definition) is 3. The zero-order valence-corrected chi connectivity index (χ0v) is 17.1. The number of H-pyrrole nitrogens is 1. The molecule has 3 rings (SSSR count). The number of aliphatic imine (C=N–C) groups is 1. The molecule has 7 heteroatoms. The summed E-state index contributed by atoms with van der Waals surface area (Å²) in [5.74, 6) is -1.04. The van der Waals surface area contributed by atoms with Crippen LogP contribution in [0.25, 0.3) is 11.6 Å². The number of amides is 2. The van der Waals surface area contributed by atoms with E-state index in [1.54, 1.807) is 19.2 Å². The van der Waals surface area contributed by atoms with Gasteiger partial charge in [-0.05, 0) is 56.8 Å². The van der Waals surface area contributed by atoms with Crippen LogP contribution in [0, 0.1) is 19.7 Å². The lowest BCUT2D eigenvalue weighted by atomic mass is 10.0. The summed E-state index contributed by atoms with van der Waals surface area (Å²) in [5.41, 5.74) is 3.94. The second kappa shape index (κ2) is 8.53. The SMILES string of the molecule is CCN(CC)CC=NC(=O)c1c(C)[nH]c(/C=C2\C(=O)Nc3ccc(F)cc32)c1C. The number of anilines is 1. The van der Waals surface area contributed by atoms with Crippen molar-refractivity contribution in [3.8, 4) is 0 Å². The van der Waals surface area contributed by atoms with Crippen molar-refractivity contribution in [1.29, 1.82) is 0 Å². The van der Waals surface area contributed by atoms with Crippen molar-refractivity contribution in [2.75, 3.05) is 25.0 Å². The molecule has 0 saturated heterocycles.